The highest BCUT2D eigenvalue weighted by molar-refractivity contribution is 5.69. The van der Waals surface area contributed by atoms with Gasteiger partial charge in [-0.05, 0) is 45.2 Å². The Balaban J connectivity index is 2.05. The molecule has 2 unspecified atom stereocenters. The van der Waals surface area contributed by atoms with E-state index in [0.717, 1.165) is 38.9 Å². The fourth-order valence-electron chi connectivity index (χ4n) is 2.78. The van der Waals surface area contributed by atoms with Crippen LogP contribution >= 0.6 is 0 Å². The molecule has 1 fully saturated rings. The Labute approximate surface area is 117 Å². The van der Waals surface area contributed by atoms with E-state index in [1.165, 1.54) is 12.8 Å². The summed E-state index contributed by atoms with van der Waals surface area (Å²) in [5.74, 6) is 0.603. The predicted molar refractivity (Wildman–Crippen MR) is 77.9 cm³/mol. The molecule has 0 saturated carbocycles. The predicted octanol–water partition coefficient (Wildman–Crippen LogP) is 2.17. The molecule has 0 radical (unpaired) electrons. The number of carbonyl (C=O) groups excluding carboxylic acids is 1. The normalized spacial score (nSPS) is 24.4. The van der Waals surface area contributed by atoms with Gasteiger partial charge in [0.2, 0.25) is 0 Å². The number of esters is 1. The highest BCUT2D eigenvalue weighted by Crippen LogP contribution is 2.19. The molecule has 1 rings (SSSR count). The van der Waals surface area contributed by atoms with Crippen LogP contribution in [0, 0.1) is 5.92 Å². The first-order valence-corrected chi connectivity index (χ1v) is 7.80. The van der Waals surface area contributed by atoms with E-state index in [-0.39, 0.29) is 5.97 Å². The van der Waals surface area contributed by atoms with Crippen molar-refractivity contribution in [3.8, 4) is 0 Å². The van der Waals surface area contributed by atoms with E-state index >= 15 is 0 Å². The van der Waals surface area contributed by atoms with Gasteiger partial charge in [0.05, 0.1) is 6.61 Å². The summed E-state index contributed by atoms with van der Waals surface area (Å²) < 4.78 is 4.92. The van der Waals surface area contributed by atoms with Crippen LogP contribution in [0.1, 0.15) is 52.4 Å². The first-order chi connectivity index (χ1) is 9.17. The lowest BCUT2D eigenvalue weighted by Gasteiger charge is -2.36. The molecular formula is C15H30N2O2. The van der Waals surface area contributed by atoms with Crippen molar-refractivity contribution in [2.24, 2.45) is 11.7 Å². The summed E-state index contributed by atoms with van der Waals surface area (Å²) in [4.78, 5) is 13.7. The first-order valence-electron chi connectivity index (χ1n) is 7.80. The van der Waals surface area contributed by atoms with Gasteiger partial charge in [0, 0.05) is 19.0 Å². The standard InChI is InChI=1S/C15H30N2O2/c1-3-13-12-17(11-9-14(13)16)10-7-5-6-8-15(18)19-4-2/h13-14H,3-12,16H2,1-2H3. The number of unbranched alkanes of at least 4 members (excludes halogenated alkanes) is 2. The zero-order valence-electron chi connectivity index (χ0n) is 12.6. The Bertz CT molecular complexity index is 259. The Morgan fingerprint density at radius 1 is 1.32 bits per heavy atom. The van der Waals surface area contributed by atoms with Gasteiger partial charge < -0.3 is 15.4 Å². The van der Waals surface area contributed by atoms with Crippen molar-refractivity contribution >= 4 is 5.97 Å². The van der Waals surface area contributed by atoms with E-state index in [1.807, 2.05) is 6.92 Å². The number of rotatable bonds is 8. The lowest BCUT2D eigenvalue weighted by atomic mass is 9.90. The largest absolute Gasteiger partial charge is 0.466 e. The van der Waals surface area contributed by atoms with Crippen LogP contribution in [0.4, 0.5) is 0 Å². The van der Waals surface area contributed by atoms with Crippen molar-refractivity contribution in [2.75, 3.05) is 26.2 Å². The van der Waals surface area contributed by atoms with Gasteiger partial charge in [-0.25, -0.2) is 0 Å². The van der Waals surface area contributed by atoms with Crippen LogP contribution in [-0.2, 0) is 9.53 Å². The lowest BCUT2D eigenvalue weighted by Crippen LogP contribution is -2.47. The summed E-state index contributed by atoms with van der Waals surface area (Å²) in [6.07, 6.45) is 6.10. The average Bonchev–Trinajstić information content (AvgIpc) is 2.40. The third kappa shape index (κ3) is 6.39. The fourth-order valence-corrected chi connectivity index (χ4v) is 2.78. The molecule has 2 atom stereocenters. The zero-order chi connectivity index (χ0) is 14.1. The number of hydrogen-bond acceptors (Lipinski definition) is 4. The van der Waals surface area contributed by atoms with Crippen molar-refractivity contribution in [2.45, 2.75) is 58.4 Å². The monoisotopic (exact) mass is 270 g/mol. The van der Waals surface area contributed by atoms with Gasteiger partial charge >= 0.3 is 5.97 Å². The van der Waals surface area contributed by atoms with Crippen LogP contribution in [0.2, 0.25) is 0 Å². The number of hydrogen-bond donors (Lipinski definition) is 1. The van der Waals surface area contributed by atoms with Crippen LogP contribution in [0.5, 0.6) is 0 Å². The molecule has 4 heteroatoms. The third-order valence-electron chi connectivity index (χ3n) is 4.06. The highest BCUT2D eigenvalue weighted by atomic mass is 16.5. The molecule has 1 saturated heterocycles. The molecule has 0 aliphatic carbocycles. The second kappa shape index (κ2) is 9.32. The maximum Gasteiger partial charge on any atom is 0.305 e. The van der Waals surface area contributed by atoms with Crippen molar-refractivity contribution in [3.63, 3.8) is 0 Å². The van der Waals surface area contributed by atoms with Crippen LogP contribution in [-0.4, -0.2) is 43.2 Å². The summed E-state index contributed by atoms with van der Waals surface area (Å²) >= 11 is 0. The van der Waals surface area contributed by atoms with E-state index in [2.05, 4.69) is 11.8 Å². The minimum atomic E-state index is -0.0579. The highest BCUT2D eigenvalue weighted by Gasteiger charge is 2.24. The molecular weight excluding hydrogens is 240 g/mol. The minimum absolute atomic E-state index is 0.0579. The molecule has 0 bridgehead atoms. The number of carbonyl (C=O) groups is 1. The molecule has 1 aliphatic rings. The molecule has 0 amide bonds. The van der Waals surface area contributed by atoms with E-state index in [9.17, 15) is 4.79 Å². The van der Waals surface area contributed by atoms with Gasteiger partial charge in [-0.15, -0.1) is 0 Å². The molecule has 2 N–H and O–H groups in total. The fraction of sp³-hybridized carbons (Fsp3) is 0.933. The van der Waals surface area contributed by atoms with Gasteiger partial charge in [-0.3, -0.25) is 4.79 Å². The Kier molecular flexibility index (Phi) is 8.07. The van der Waals surface area contributed by atoms with Gasteiger partial charge in [0.25, 0.3) is 0 Å². The van der Waals surface area contributed by atoms with Crippen LogP contribution in [0.3, 0.4) is 0 Å². The number of piperidine rings is 1. The molecule has 1 aliphatic heterocycles. The molecule has 0 spiro atoms. The first kappa shape index (κ1) is 16.4. The maximum atomic E-state index is 11.2. The van der Waals surface area contributed by atoms with Crippen LogP contribution in [0.25, 0.3) is 0 Å². The maximum absolute atomic E-state index is 11.2. The van der Waals surface area contributed by atoms with E-state index < -0.39 is 0 Å². The van der Waals surface area contributed by atoms with E-state index in [1.54, 1.807) is 0 Å². The molecule has 112 valence electrons. The summed E-state index contributed by atoms with van der Waals surface area (Å²) in [7, 11) is 0. The minimum Gasteiger partial charge on any atom is -0.466 e. The number of nitrogens with zero attached hydrogens (tertiary/aromatic N) is 1. The van der Waals surface area contributed by atoms with Gasteiger partial charge in [0.15, 0.2) is 0 Å². The summed E-state index contributed by atoms with van der Waals surface area (Å²) in [5, 5.41) is 0. The topological polar surface area (TPSA) is 55.6 Å². The Morgan fingerprint density at radius 3 is 2.79 bits per heavy atom. The van der Waals surface area contributed by atoms with Crippen LogP contribution in [0.15, 0.2) is 0 Å². The Hall–Kier alpha value is -0.610. The van der Waals surface area contributed by atoms with E-state index in [4.69, 9.17) is 10.5 Å². The second-order valence-electron chi connectivity index (χ2n) is 5.54. The van der Waals surface area contributed by atoms with Crippen molar-refractivity contribution in [1.29, 1.82) is 0 Å². The average molecular weight is 270 g/mol. The summed E-state index contributed by atoms with van der Waals surface area (Å²) in [5.41, 5.74) is 6.11. The van der Waals surface area contributed by atoms with Crippen molar-refractivity contribution in [1.82, 2.24) is 4.90 Å². The third-order valence-corrected chi connectivity index (χ3v) is 4.06. The number of nitrogens with two attached hydrogens (primary N) is 1. The van der Waals surface area contributed by atoms with Crippen molar-refractivity contribution in [3.05, 3.63) is 0 Å². The summed E-state index contributed by atoms with van der Waals surface area (Å²) in [6, 6.07) is 0.394. The van der Waals surface area contributed by atoms with E-state index in [0.29, 0.717) is 25.0 Å². The number of ether oxygens (including phenoxy) is 1. The molecule has 0 aromatic rings. The van der Waals surface area contributed by atoms with Gasteiger partial charge in [0.1, 0.15) is 0 Å². The Morgan fingerprint density at radius 2 is 2.11 bits per heavy atom. The van der Waals surface area contributed by atoms with Crippen molar-refractivity contribution < 1.29 is 9.53 Å². The quantitative estimate of drug-likeness (QED) is 0.542. The smallest absolute Gasteiger partial charge is 0.305 e. The molecule has 0 aromatic carbocycles. The summed E-state index contributed by atoms with van der Waals surface area (Å²) in [6.45, 7) is 8.00. The van der Waals surface area contributed by atoms with Gasteiger partial charge in [-0.1, -0.05) is 19.8 Å². The second-order valence-corrected chi connectivity index (χ2v) is 5.54. The molecule has 1 heterocycles. The lowest BCUT2D eigenvalue weighted by molar-refractivity contribution is -0.143. The molecule has 0 aromatic heterocycles. The van der Waals surface area contributed by atoms with Crippen LogP contribution < -0.4 is 5.73 Å². The SMILES string of the molecule is CCOC(=O)CCCCCN1CCC(N)C(CC)C1. The van der Waals surface area contributed by atoms with Gasteiger partial charge in [-0.2, -0.15) is 0 Å². The molecule has 4 nitrogen and oxygen atoms in total. The zero-order valence-corrected chi connectivity index (χ0v) is 12.6. The number of likely N-dealkylation sites (tertiary alicyclic amines) is 1. The molecule has 19 heavy (non-hydrogen) atoms.